The summed E-state index contributed by atoms with van der Waals surface area (Å²) in [6, 6.07) is 21.6. The molecule has 1 fully saturated rings. The van der Waals surface area contributed by atoms with Gasteiger partial charge >= 0.3 is 0 Å². The van der Waals surface area contributed by atoms with Gasteiger partial charge in [0, 0.05) is 27.9 Å². The first-order valence-electron chi connectivity index (χ1n) is 11.2. The molecule has 5 rings (SSSR count). The lowest BCUT2D eigenvalue weighted by Crippen LogP contribution is -2.14. The maximum absolute atomic E-state index is 13.3. The first-order chi connectivity index (χ1) is 16.0. The van der Waals surface area contributed by atoms with E-state index in [4.69, 9.17) is 13.9 Å². The van der Waals surface area contributed by atoms with Crippen LogP contribution in [0.5, 0.6) is 0 Å². The van der Waals surface area contributed by atoms with Crippen molar-refractivity contribution in [3.63, 3.8) is 0 Å². The predicted molar refractivity (Wildman–Crippen MR) is 131 cm³/mol. The van der Waals surface area contributed by atoms with Gasteiger partial charge < -0.3 is 19.2 Å². The first kappa shape index (κ1) is 21.4. The molecule has 0 radical (unpaired) electrons. The molecule has 0 bridgehead atoms. The molecular weight excluding hydrogens is 414 g/mol. The summed E-state index contributed by atoms with van der Waals surface area (Å²) < 4.78 is 17.9. The summed E-state index contributed by atoms with van der Waals surface area (Å²) in [4.78, 5) is 13.3. The summed E-state index contributed by atoms with van der Waals surface area (Å²) in [7, 11) is 0. The molecule has 5 nitrogen and oxygen atoms in total. The molecule has 3 aromatic carbocycles. The smallest absolute Gasteiger partial charge is 0.196 e. The Morgan fingerprint density at radius 1 is 0.939 bits per heavy atom. The van der Waals surface area contributed by atoms with Gasteiger partial charge in [-0.2, -0.15) is 0 Å². The molecule has 0 unspecified atom stereocenters. The molecule has 1 N–H and O–H groups in total. The van der Waals surface area contributed by atoms with Crippen molar-refractivity contribution < 1.29 is 13.9 Å². The summed E-state index contributed by atoms with van der Waals surface area (Å²) in [5, 5.41) is 4.20. The number of anilines is 1. The number of hydrogen-bond acceptors (Lipinski definition) is 5. The molecule has 33 heavy (non-hydrogen) atoms. The van der Waals surface area contributed by atoms with Crippen LogP contribution in [0, 0.1) is 13.8 Å². The minimum Gasteiger partial charge on any atom is -0.455 e. The molecule has 1 aliphatic rings. The Hall–Kier alpha value is -3.41. The van der Waals surface area contributed by atoms with Crippen molar-refractivity contribution in [1.82, 2.24) is 0 Å². The molecule has 1 aromatic heterocycles. The molecule has 1 saturated heterocycles. The topological polar surface area (TPSA) is 60.7 Å². The van der Waals surface area contributed by atoms with Crippen molar-refractivity contribution in [1.29, 1.82) is 0 Å². The lowest BCUT2D eigenvalue weighted by atomic mass is 9.98. The SMILES string of the molecule is Cc1cc([C@@H](C)Nc2ccccc2C2OCCO2)c2oc(-c3ccccc3)c(C)c(=O)c2c1. The van der Waals surface area contributed by atoms with Crippen molar-refractivity contribution in [2.45, 2.75) is 33.1 Å². The average Bonchev–Trinajstić information content (AvgIpc) is 3.37. The number of benzene rings is 3. The van der Waals surface area contributed by atoms with E-state index in [-0.39, 0.29) is 17.8 Å². The van der Waals surface area contributed by atoms with Gasteiger partial charge in [0.2, 0.25) is 0 Å². The fourth-order valence-electron chi connectivity index (χ4n) is 4.44. The second-order valence-corrected chi connectivity index (χ2v) is 8.51. The zero-order valence-corrected chi connectivity index (χ0v) is 19.1. The minimum absolute atomic E-state index is 0.000379. The van der Waals surface area contributed by atoms with E-state index >= 15 is 0 Å². The van der Waals surface area contributed by atoms with E-state index in [1.807, 2.05) is 74.5 Å². The number of para-hydroxylation sites is 1. The van der Waals surface area contributed by atoms with Crippen molar-refractivity contribution in [3.05, 3.63) is 99.2 Å². The third kappa shape index (κ3) is 4.06. The lowest BCUT2D eigenvalue weighted by Gasteiger charge is -2.22. The predicted octanol–water partition coefficient (Wildman–Crippen LogP) is 6.30. The number of rotatable bonds is 5. The zero-order valence-electron chi connectivity index (χ0n) is 19.1. The summed E-state index contributed by atoms with van der Waals surface area (Å²) in [5.74, 6) is 0.610. The first-order valence-corrected chi connectivity index (χ1v) is 11.2. The second-order valence-electron chi connectivity index (χ2n) is 8.51. The van der Waals surface area contributed by atoms with Crippen molar-refractivity contribution in [2.75, 3.05) is 18.5 Å². The van der Waals surface area contributed by atoms with Gasteiger partial charge in [-0.1, -0.05) is 54.6 Å². The van der Waals surface area contributed by atoms with E-state index < -0.39 is 0 Å². The maximum Gasteiger partial charge on any atom is 0.196 e. The van der Waals surface area contributed by atoms with Gasteiger partial charge in [-0.25, -0.2) is 0 Å². The Labute approximate surface area is 193 Å². The summed E-state index contributed by atoms with van der Waals surface area (Å²) in [5.41, 5.74) is 5.96. The van der Waals surface area contributed by atoms with E-state index in [0.29, 0.717) is 35.5 Å². The Balaban J connectivity index is 1.61. The number of aryl methyl sites for hydroxylation is 1. The van der Waals surface area contributed by atoms with Gasteiger partial charge in [-0.3, -0.25) is 4.79 Å². The minimum atomic E-state index is -0.375. The van der Waals surface area contributed by atoms with Gasteiger partial charge in [0.1, 0.15) is 11.3 Å². The van der Waals surface area contributed by atoms with Crippen LogP contribution in [0.1, 0.15) is 41.5 Å². The molecule has 0 saturated carbocycles. The van der Waals surface area contributed by atoms with Crippen LogP contribution in [-0.4, -0.2) is 13.2 Å². The van der Waals surface area contributed by atoms with Crippen LogP contribution in [-0.2, 0) is 9.47 Å². The summed E-state index contributed by atoms with van der Waals surface area (Å²) in [6.07, 6.45) is -0.375. The second kappa shape index (κ2) is 8.85. The van der Waals surface area contributed by atoms with Gasteiger partial charge in [-0.05, 0) is 38.5 Å². The maximum atomic E-state index is 13.3. The number of hydrogen-bond donors (Lipinski definition) is 1. The van der Waals surface area contributed by atoms with Crippen LogP contribution in [0.25, 0.3) is 22.3 Å². The highest BCUT2D eigenvalue weighted by atomic mass is 16.7. The van der Waals surface area contributed by atoms with Crippen molar-refractivity contribution in [2.24, 2.45) is 0 Å². The monoisotopic (exact) mass is 441 g/mol. The third-order valence-corrected chi connectivity index (χ3v) is 6.10. The van der Waals surface area contributed by atoms with Crippen molar-refractivity contribution >= 4 is 16.7 Å². The van der Waals surface area contributed by atoms with Crippen LogP contribution < -0.4 is 10.7 Å². The van der Waals surface area contributed by atoms with E-state index in [1.165, 1.54) is 0 Å². The van der Waals surface area contributed by atoms with Crippen LogP contribution in [0.4, 0.5) is 5.69 Å². The molecule has 1 atom stereocenters. The van der Waals surface area contributed by atoms with E-state index in [0.717, 1.165) is 27.9 Å². The highest BCUT2D eigenvalue weighted by Crippen LogP contribution is 2.35. The normalized spacial score (nSPS) is 15.1. The summed E-state index contributed by atoms with van der Waals surface area (Å²) >= 11 is 0. The zero-order chi connectivity index (χ0) is 22.9. The molecule has 168 valence electrons. The van der Waals surface area contributed by atoms with E-state index in [2.05, 4.69) is 18.3 Å². The molecule has 0 spiro atoms. The van der Waals surface area contributed by atoms with Gasteiger partial charge in [0.05, 0.1) is 24.6 Å². The molecular formula is C28H27NO4. The van der Waals surface area contributed by atoms with Crippen LogP contribution in [0.3, 0.4) is 0 Å². The van der Waals surface area contributed by atoms with Gasteiger partial charge in [-0.15, -0.1) is 0 Å². The quantitative estimate of drug-likeness (QED) is 0.394. The Morgan fingerprint density at radius 2 is 1.64 bits per heavy atom. The van der Waals surface area contributed by atoms with Crippen molar-refractivity contribution in [3.8, 4) is 11.3 Å². The van der Waals surface area contributed by atoms with Crippen LogP contribution >= 0.6 is 0 Å². The van der Waals surface area contributed by atoms with Crippen LogP contribution in [0.2, 0.25) is 0 Å². The van der Waals surface area contributed by atoms with Crippen LogP contribution in [0.15, 0.2) is 75.9 Å². The molecule has 5 heteroatoms. The molecule has 2 heterocycles. The van der Waals surface area contributed by atoms with Gasteiger partial charge in [0.15, 0.2) is 11.7 Å². The number of fused-ring (bicyclic) bond motifs is 1. The fraction of sp³-hybridized carbons (Fsp3) is 0.250. The Bertz CT molecular complexity index is 1350. The van der Waals surface area contributed by atoms with E-state index in [1.54, 1.807) is 0 Å². The highest BCUT2D eigenvalue weighted by molar-refractivity contribution is 5.84. The number of ether oxygens (including phenoxy) is 2. The fourth-order valence-corrected chi connectivity index (χ4v) is 4.44. The van der Waals surface area contributed by atoms with E-state index in [9.17, 15) is 4.79 Å². The summed E-state index contributed by atoms with van der Waals surface area (Å²) in [6.45, 7) is 7.08. The van der Waals surface area contributed by atoms with Gasteiger partial charge in [0.25, 0.3) is 0 Å². The molecule has 0 aliphatic carbocycles. The largest absolute Gasteiger partial charge is 0.455 e. The molecule has 0 amide bonds. The Kier molecular flexibility index (Phi) is 5.75. The standard InChI is InChI=1S/C28H27NO4/c1-17-15-22(19(3)29-24-12-8-7-11-21(24)28-31-13-14-32-28)27-23(16-17)25(30)18(2)26(33-27)20-9-5-4-6-10-20/h4-12,15-16,19,28-29H,13-14H2,1-3H3/t19-/m1/s1. The third-order valence-electron chi connectivity index (χ3n) is 6.10. The molecule has 1 aliphatic heterocycles. The average molecular weight is 442 g/mol. The number of nitrogens with one attached hydrogen (secondary N) is 1. The highest BCUT2D eigenvalue weighted by Gasteiger charge is 2.23. The molecule has 4 aromatic rings. The lowest BCUT2D eigenvalue weighted by molar-refractivity contribution is -0.0436. The Morgan fingerprint density at radius 3 is 2.39 bits per heavy atom.